The topological polar surface area (TPSA) is 36.9 Å². The van der Waals surface area contributed by atoms with Crippen molar-refractivity contribution in [1.29, 1.82) is 0 Å². The summed E-state index contributed by atoms with van der Waals surface area (Å²) in [6.07, 6.45) is -6.24. The zero-order valence-corrected chi connectivity index (χ0v) is 38.8. The summed E-state index contributed by atoms with van der Waals surface area (Å²) >= 11 is 21.9. The first-order valence-electron chi connectivity index (χ1n) is 18.3. The van der Waals surface area contributed by atoms with Crippen molar-refractivity contribution in [3.63, 3.8) is 0 Å². The molecule has 0 saturated heterocycles. The Morgan fingerprint density at radius 3 is 0.838 bits per heavy atom. The number of rotatable bonds is 14. The Bertz CT molecular complexity index is 2470. The van der Waals surface area contributed by atoms with E-state index in [1.165, 1.54) is 7.14 Å². The van der Waals surface area contributed by atoms with E-state index in [1.54, 1.807) is 14.2 Å². The largest absolute Gasteiger partial charge is 0.486 e. The minimum atomic E-state index is -6.24. The number of hydrogen-bond acceptors (Lipinski definition) is 4. The Hall–Kier alpha value is -4.33. The second-order valence-electron chi connectivity index (χ2n) is 13.4. The quantitative estimate of drug-likeness (QED) is 0.0280. The maximum absolute atomic E-state index is 15.8. The average Bonchev–Trinajstić information content (AvgIpc) is 3.32. The van der Waals surface area contributed by atoms with Crippen LogP contribution in [0.1, 0.15) is 0 Å². The van der Waals surface area contributed by atoms with Gasteiger partial charge in [-0.2, -0.15) is 0 Å². The summed E-state index contributed by atoms with van der Waals surface area (Å²) in [5, 5.41) is -9.69. The van der Waals surface area contributed by atoms with Gasteiger partial charge in [-0.05, 0) is 24.3 Å². The number of para-hydroxylation sites is 2. The highest BCUT2D eigenvalue weighted by Gasteiger charge is 2.51. The number of benzene rings is 6. The SMILES string of the molecule is COCCOc1ccccc1[I+]c1ccccc1OCCOC.Fc1c(F)c(F)c([B-](c2c(F)c(F)c(F)c(F)c2Cl)(c2c(F)c(F)c(F)c(F)c2Cl)c2c(F)c(F)c(F)c(F)c2Cl)c(Cl)c1F. The molecule has 0 radical (unpaired) electrons. The van der Waals surface area contributed by atoms with Crippen molar-refractivity contribution in [3.8, 4) is 11.5 Å². The normalized spacial score (nSPS) is 11.5. The fraction of sp³-hybridized carbons (Fsp3) is 0.143. The van der Waals surface area contributed by atoms with E-state index in [-0.39, 0.29) is 0 Å². The van der Waals surface area contributed by atoms with Gasteiger partial charge < -0.3 is 18.9 Å². The Morgan fingerprint density at radius 1 is 0.353 bits per heavy atom. The number of methoxy groups -OCH3 is 2. The highest BCUT2D eigenvalue weighted by molar-refractivity contribution is 7.22. The lowest BCUT2D eigenvalue weighted by atomic mass is 9.12. The Morgan fingerprint density at radius 2 is 0.588 bits per heavy atom. The molecule has 0 amide bonds. The summed E-state index contributed by atoms with van der Waals surface area (Å²) < 4.78 is 262. The Labute approximate surface area is 403 Å². The Kier molecular flexibility index (Phi) is 18.2. The average molecular weight is 1170 g/mol. The van der Waals surface area contributed by atoms with E-state index in [4.69, 9.17) is 65.4 Å². The number of halogens is 21. The van der Waals surface area contributed by atoms with Gasteiger partial charge in [0.2, 0.25) is 7.14 Å². The van der Waals surface area contributed by atoms with Crippen molar-refractivity contribution < 1.29 is 110 Å². The third-order valence-electron chi connectivity index (χ3n) is 9.67. The van der Waals surface area contributed by atoms with Crippen LogP contribution in [0.3, 0.4) is 0 Å². The summed E-state index contributed by atoms with van der Waals surface area (Å²) in [4.78, 5) is 0. The molecule has 0 bridgehead atoms. The first-order chi connectivity index (χ1) is 32.0. The van der Waals surface area contributed by atoms with E-state index in [1.807, 2.05) is 36.4 Å². The van der Waals surface area contributed by atoms with Crippen LogP contribution in [0.5, 0.6) is 11.5 Å². The van der Waals surface area contributed by atoms with Crippen LogP contribution in [0.15, 0.2) is 48.5 Å². The van der Waals surface area contributed by atoms with E-state index < -0.39 is 162 Å². The molecule has 0 heterocycles. The van der Waals surface area contributed by atoms with Gasteiger partial charge in [0.05, 0.1) is 13.2 Å². The lowest BCUT2D eigenvalue weighted by Gasteiger charge is -2.46. The minimum absolute atomic E-state index is 0.391. The van der Waals surface area contributed by atoms with Crippen molar-refractivity contribution in [2.75, 3.05) is 40.6 Å². The van der Waals surface area contributed by atoms with Crippen LogP contribution in [-0.2, 0) is 9.47 Å². The van der Waals surface area contributed by atoms with Crippen LogP contribution in [0.4, 0.5) is 70.2 Å². The fourth-order valence-electron chi connectivity index (χ4n) is 6.73. The van der Waals surface area contributed by atoms with Crippen LogP contribution in [0, 0.1) is 100 Å². The van der Waals surface area contributed by atoms with Gasteiger partial charge in [-0.15, -0.1) is 21.9 Å². The third kappa shape index (κ3) is 9.87. The van der Waals surface area contributed by atoms with Crippen LogP contribution in [0.2, 0.25) is 20.1 Å². The summed E-state index contributed by atoms with van der Waals surface area (Å²) in [6.45, 7) is 2.29. The highest BCUT2D eigenvalue weighted by atomic mass is 127. The number of ether oxygens (including phenoxy) is 4. The molecule has 6 aromatic carbocycles. The third-order valence-corrected chi connectivity index (χ3v) is 14.1. The molecule has 0 spiro atoms. The van der Waals surface area contributed by atoms with Crippen LogP contribution in [-0.4, -0.2) is 46.8 Å². The highest BCUT2D eigenvalue weighted by Crippen LogP contribution is 2.36. The van der Waals surface area contributed by atoms with Gasteiger partial charge in [-0.3, -0.25) is 0 Å². The van der Waals surface area contributed by atoms with Gasteiger partial charge in [0, 0.05) is 34.3 Å². The van der Waals surface area contributed by atoms with Crippen molar-refractivity contribution >= 4 is 74.4 Å². The molecule has 0 atom stereocenters. The molecular weight excluding hydrogens is 1150 g/mol. The van der Waals surface area contributed by atoms with Gasteiger partial charge >= 0.3 is 21.2 Å². The van der Waals surface area contributed by atoms with E-state index in [9.17, 15) is 52.7 Å². The minimum Gasteiger partial charge on any atom is -0.486 e. The van der Waals surface area contributed by atoms with Crippen molar-refractivity contribution in [2.45, 2.75) is 0 Å². The van der Waals surface area contributed by atoms with E-state index in [0.29, 0.717) is 26.4 Å². The van der Waals surface area contributed by atoms with Gasteiger partial charge in [-0.25, -0.2) is 70.2 Å². The first-order valence-corrected chi connectivity index (χ1v) is 22.0. The van der Waals surface area contributed by atoms with Crippen molar-refractivity contribution in [2.24, 2.45) is 0 Å². The molecule has 6 rings (SSSR count). The maximum Gasteiger partial charge on any atom is 0.366 e. The van der Waals surface area contributed by atoms with Crippen LogP contribution >= 0.6 is 46.4 Å². The van der Waals surface area contributed by atoms with Crippen molar-refractivity contribution in [3.05, 3.63) is 169 Å². The molecule has 0 unspecified atom stereocenters. The van der Waals surface area contributed by atoms with Crippen LogP contribution in [0.25, 0.3) is 0 Å². The molecule has 68 heavy (non-hydrogen) atoms. The summed E-state index contributed by atoms with van der Waals surface area (Å²) in [5.41, 5.74) is -10.7. The summed E-state index contributed by atoms with van der Waals surface area (Å²) in [5.74, 6) is -46.4. The molecule has 0 aliphatic rings. The predicted octanol–water partition coefficient (Wildman–Crippen LogP) is 7.77. The van der Waals surface area contributed by atoms with E-state index in [0.717, 1.165) is 11.5 Å². The zero-order chi connectivity index (χ0) is 50.7. The summed E-state index contributed by atoms with van der Waals surface area (Å²) in [7, 11) is 3.35. The maximum atomic E-state index is 15.8. The van der Waals surface area contributed by atoms with Crippen molar-refractivity contribution in [1.82, 2.24) is 0 Å². The zero-order valence-electron chi connectivity index (χ0n) is 33.6. The molecular formula is C42H22BCl4F16IO4. The molecule has 0 saturated carbocycles. The molecule has 364 valence electrons. The van der Waals surface area contributed by atoms with E-state index in [2.05, 4.69) is 12.1 Å². The molecule has 0 aromatic heterocycles. The molecule has 6 aromatic rings. The molecule has 0 N–H and O–H groups in total. The molecule has 0 aliphatic carbocycles. The van der Waals surface area contributed by atoms with Gasteiger partial charge in [0.1, 0.15) is 42.6 Å². The van der Waals surface area contributed by atoms with E-state index >= 15 is 17.6 Å². The monoisotopic (exact) mass is 1170 g/mol. The van der Waals surface area contributed by atoms with Gasteiger partial charge in [0.15, 0.2) is 81.3 Å². The molecule has 0 fully saturated rings. The standard InChI is InChI=1S/C24BCl4F16.C18H22IO4/c26-5-1(9(30)17(38)21(42)13(5)34)25(2-6(27)14(35)22(43)18(39)10(2)31,3-7(28)15(36)23(44)19(40)11(3)32)4-8(29)16(37)24(45)20(41)12(4)33;1-20-11-13-22-17-9-5-3-7-15(17)19-16-8-4-6-10-18(16)23-14-12-21-2/h;3-10H,11-14H2,1-2H3/q-1;+1. The smallest absolute Gasteiger partial charge is 0.366 e. The first kappa shape index (κ1) is 54.6. The second kappa shape index (κ2) is 22.6. The molecule has 0 aliphatic heterocycles. The molecule has 4 nitrogen and oxygen atoms in total. The lowest BCUT2D eigenvalue weighted by molar-refractivity contribution is -0.599. The lowest BCUT2D eigenvalue weighted by Crippen LogP contribution is -3.61. The second-order valence-corrected chi connectivity index (χ2v) is 17.8. The summed E-state index contributed by atoms with van der Waals surface area (Å²) in [6, 6.07) is 16.4. The van der Waals surface area contributed by atoms with Crippen LogP contribution < -0.4 is 52.5 Å². The fourth-order valence-corrected chi connectivity index (χ4v) is 10.7. The predicted molar refractivity (Wildman–Crippen MR) is 214 cm³/mol. The van der Waals surface area contributed by atoms with Gasteiger partial charge in [0.25, 0.3) is 0 Å². The molecule has 26 heteroatoms. The number of hydrogen-bond donors (Lipinski definition) is 0. The van der Waals surface area contributed by atoms with Gasteiger partial charge in [-0.1, -0.05) is 70.7 Å². The Balaban J connectivity index is 0.000000314.